The molecule has 0 fully saturated rings. The number of alkyl halides is 2. The van der Waals surface area contributed by atoms with E-state index in [4.69, 9.17) is 17.0 Å². The van der Waals surface area contributed by atoms with Gasteiger partial charge in [0, 0.05) is 5.69 Å². The molecule has 0 atom stereocenters. The predicted octanol–water partition coefficient (Wildman–Crippen LogP) is 2.68. The number of nitrogens with one attached hydrogen (secondary N) is 1. The van der Waals surface area contributed by atoms with E-state index in [-0.39, 0.29) is 6.61 Å². The van der Waals surface area contributed by atoms with Crippen molar-refractivity contribution in [1.82, 2.24) is 14.5 Å². The summed E-state index contributed by atoms with van der Waals surface area (Å²) in [5.41, 5.74) is 2.43. The average Bonchev–Trinajstić information content (AvgIpc) is 2.60. The normalized spacial score (nSPS) is 11.6. The third-order valence-corrected chi connectivity index (χ3v) is 2.78. The van der Waals surface area contributed by atoms with E-state index in [9.17, 15) is 8.78 Å². The van der Waals surface area contributed by atoms with Crippen LogP contribution in [-0.4, -0.2) is 34.2 Å². The number of H-pyrrole nitrogens is 1. The molecule has 0 aliphatic carbocycles. The van der Waals surface area contributed by atoms with Crippen LogP contribution in [0.3, 0.4) is 0 Å². The number of hydrogen-bond donors (Lipinski definition) is 1. The number of aryl methyl sites for hydroxylation is 1. The van der Waals surface area contributed by atoms with Crippen molar-refractivity contribution in [3.8, 4) is 0 Å². The smallest absolute Gasteiger partial charge is 0.261 e. The van der Waals surface area contributed by atoms with Gasteiger partial charge in [0.1, 0.15) is 6.61 Å². The molecular weight excluding hydrogens is 260 g/mol. The molecule has 7 heteroatoms. The molecule has 1 N–H and O–H groups in total. The Bertz CT molecular complexity index is 593. The average molecular weight is 273 g/mol. The number of fused-ring (bicyclic) bond motifs is 1. The zero-order chi connectivity index (χ0) is 13.1. The maximum Gasteiger partial charge on any atom is 0.261 e. The first-order valence-electron chi connectivity index (χ1n) is 5.50. The van der Waals surface area contributed by atoms with Crippen molar-refractivity contribution in [2.24, 2.45) is 0 Å². The minimum Gasteiger partial charge on any atom is -0.374 e. The SMILES string of the molecule is Cc1ccc2[nH]c(=S)n(CCOCC(F)F)c2n1. The summed E-state index contributed by atoms with van der Waals surface area (Å²) in [6.45, 7) is 1.92. The third kappa shape index (κ3) is 2.91. The lowest BCUT2D eigenvalue weighted by Gasteiger charge is -2.05. The molecule has 0 bridgehead atoms. The molecule has 0 aliphatic heterocycles. The molecule has 2 aromatic rings. The molecule has 98 valence electrons. The quantitative estimate of drug-likeness (QED) is 0.673. The van der Waals surface area contributed by atoms with Crippen LogP contribution in [0.5, 0.6) is 0 Å². The molecule has 2 rings (SSSR count). The Hall–Kier alpha value is -1.34. The highest BCUT2D eigenvalue weighted by molar-refractivity contribution is 7.71. The van der Waals surface area contributed by atoms with E-state index >= 15 is 0 Å². The lowest BCUT2D eigenvalue weighted by atomic mass is 10.3. The fourth-order valence-corrected chi connectivity index (χ4v) is 1.95. The Kier molecular flexibility index (Phi) is 4.03. The maximum absolute atomic E-state index is 11.9. The number of hydrogen-bond acceptors (Lipinski definition) is 3. The van der Waals surface area contributed by atoms with Gasteiger partial charge in [-0.25, -0.2) is 13.8 Å². The number of nitrogens with zero attached hydrogens (tertiary/aromatic N) is 2. The van der Waals surface area contributed by atoms with E-state index in [1.807, 2.05) is 19.1 Å². The predicted molar refractivity (Wildman–Crippen MR) is 66.5 cm³/mol. The van der Waals surface area contributed by atoms with Crippen molar-refractivity contribution in [1.29, 1.82) is 0 Å². The van der Waals surface area contributed by atoms with Crippen LogP contribution in [0.15, 0.2) is 12.1 Å². The lowest BCUT2D eigenvalue weighted by molar-refractivity contribution is 0.0149. The summed E-state index contributed by atoms with van der Waals surface area (Å²) in [4.78, 5) is 7.39. The van der Waals surface area contributed by atoms with Gasteiger partial charge in [0.15, 0.2) is 10.4 Å². The van der Waals surface area contributed by atoms with Crippen LogP contribution in [0.4, 0.5) is 8.78 Å². The van der Waals surface area contributed by atoms with Crippen LogP contribution >= 0.6 is 12.2 Å². The molecule has 0 aliphatic rings. The van der Waals surface area contributed by atoms with E-state index in [1.165, 1.54) is 0 Å². The van der Waals surface area contributed by atoms with Crippen LogP contribution in [0.1, 0.15) is 5.69 Å². The van der Waals surface area contributed by atoms with Crippen LogP contribution in [-0.2, 0) is 11.3 Å². The first kappa shape index (κ1) is 13.1. The van der Waals surface area contributed by atoms with Gasteiger partial charge in [0.25, 0.3) is 6.43 Å². The van der Waals surface area contributed by atoms with Crippen LogP contribution in [0.2, 0.25) is 0 Å². The molecular formula is C11H13F2N3OS. The maximum atomic E-state index is 11.9. The standard InChI is InChI=1S/C11H13F2N3OS/c1-7-2-3-8-10(14-7)16(11(18)15-8)4-5-17-6-9(12)13/h2-3,9H,4-6H2,1H3,(H,15,18). The van der Waals surface area contributed by atoms with Crippen LogP contribution in [0, 0.1) is 11.7 Å². The molecule has 0 spiro atoms. The van der Waals surface area contributed by atoms with E-state index in [0.717, 1.165) is 16.9 Å². The summed E-state index contributed by atoms with van der Waals surface area (Å²) in [6.07, 6.45) is -2.44. The van der Waals surface area contributed by atoms with E-state index in [1.54, 1.807) is 4.57 Å². The number of rotatable bonds is 5. The monoisotopic (exact) mass is 273 g/mol. The largest absolute Gasteiger partial charge is 0.374 e. The van der Waals surface area contributed by atoms with E-state index in [2.05, 4.69) is 9.97 Å². The second-order valence-electron chi connectivity index (χ2n) is 3.87. The minimum atomic E-state index is -2.44. The Balaban J connectivity index is 2.14. The highest BCUT2D eigenvalue weighted by atomic mass is 32.1. The Morgan fingerprint density at radius 1 is 1.50 bits per heavy atom. The topological polar surface area (TPSA) is 42.8 Å². The number of aromatic nitrogens is 3. The minimum absolute atomic E-state index is 0.182. The first-order valence-corrected chi connectivity index (χ1v) is 5.91. The van der Waals surface area contributed by atoms with Crippen molar-refractivity contribution in [3.05, 3.63) is 22.6 Å². The molecule has 4 nitrogen and oxygen atoms in total. The fraction of sp³-hybridized carbons (Fsp3) is 0.455. The fourth-order valence-electron chi connectivity index (χ4n) is 1.66. The molecule has 18 heavy (non-hydrogen) atoms. The Morgan fingerprint density at radius 3 is 3.00 bits per heavy atom. The summed E-state index contributed by atoms with van der Waals surface area (Å²) in [6, 6.07) is 3.77. The molecule has 0 unspecified atom stereocenters. The zero-order valence-electron chi connectivity index (χ0n) is 9.82. The second kappa shape index (κ2) is 5.53. The van der Waals surface area contributed by atoms with E-state index in [0.29, 0.717) is 11.3 Å². The van der Waals surface area contributed by atoms with Gasteiger partial charge in [-0.15, -0.1) is 0 Å². The van der Waals surface area contributed by atoms with Gasteiger partial charge in [-0.05, 0) is 31.3 Å². The van der Waals surface area contributed by atoms with Crippen molar-refractivity contribution in [2.75, 3.05) is 13.2 Å². The van der Waals surface area contributed by atoms with Gasteiger partial charge in [-0.3, -0.25) is 4.57 Å². The van der Waals surface area contributed by atoms with Gasteiger partial charge in [-0.2, -0.15) is 0 Å². The highest BCUT2D eigenvalue weighted by Crippen LogP contribution is 2.12. The molecule has 0 radical (unpaired) electrons. The number of imidazole rings is 1. The van der Waals surface area contributed by atoms with Gasteiger partial charge in [0.05, 0.1) is 18.7 Å². The van der Waals surface area contributed by atoms with Crippen molar-refractivity contribution < 1.29 is 13.5 Å². The third-order valence-electron chi connectivity index (χ3n) is 2.46. The zero-order valence-corrected chi connectivity index (χ0v) is 10.6. The summed E-state index contributed by atoms with van der Waals surface area (Å²) in [5.74, 6) is 0. The molecule has 0 aromatic carbocycles. The van der Waals surface area contributed by atoms with Crippen LogP contribution in [0.25, 0.3) is 11.2 Å². The van der Waals surface area contributed by atoms with Crippen molar-refractivity contribution >= 4 is 23.4 Å². The number of ether oxygens (including phenoxy) is 1. The molecule has 0 saturated heterocycles. The number of halogens is 2. The molecule has 2 heterocycles. The second-order valence-corrected chi connectivity index (χ2v) is 4.26. The summed E-state index contributed by atoms with van der Waals surface area (Å²) >= 11 is 5.16. The Morgan fingerprint density at radius 2 is 2.28 bits per heavy atom. The number of aromatic amines is 1. The number of pyridine rings is 1. The molecule has 0 saturated carbocycles. The first-order chi connectivity index (χ1) is 8.58. The molecule has 2 aromatic heterocycles. The summed E-state index contributed by atoms with van der Waals surface area (Å²) < 4.78 is 30.9. The van der Waals surface area contributed by atoms with Gasteiger partial charge < -0.3 is 9.72 Å². The van der Waals surface area contributed by atoms with Crippen LogP contribution < -0.4 is 0 Å². The van der Waals surface area contributed by atoms with E-state index < -0.39 is 13.0 Å². The van der Waals surface area contributed by atoms with Crippen molar-refractivity contribution in [2.45, 2.75) is 19.9 Å². The Labute approximate surface area is 108 Å². The molecule has 0 amide bonds. The highest BCUT2D eigenvalue weighted by Gasteiger charge is 2.07. The van der Waals surface area contributed by atoms with Gasteiger partial charge in [-0.1, -0.05) is 0 Å². The summed E-state index contributed by atoms with van der Waals surface area (Å²) in [5, 5.41) is 0. The lowest BCUT2D eigenvalue weighted by Crippen LogP contribution is -2.11. The van der Waals surface area contributed by atoms with Gasteiger partial charge in [0.2, 0.25) is 0 Å². The van der Waals surface area contributed by atoms with Crippen molar-refractivity contribution in [3.63, 3.8) is 0 Å². The van der Waals surface area contributed by atoms with Gasteiger partial charge >= 0.3 is 0 Å². The summed E-state index contributed by atoms with van der Waals surface area (Å²) in [7, 11) is 0.